The lowest BCUT2D eigenvalue weighted by molar-refractivity contribution is -0.132. The summed E-state index contributed by atoms with van der Waals surface area (Å²) in [7, 11) is 0. The molecule has 0 aromatic heterocycles. The number of rotatable bonds is 4. The highest BCUT2D eigenvalue weighted by molar-refractivity contribution is 7.80. The van der Waals surface area contributed by atoms with Crippen LogP contribution in [0.15, 0.2) is 24.3 Å². The van der Waals surface area contributed by atoms with Crippen molar-refractivity contribution in [3.05, 3.63) is 29.8 Å². The van der Waals surface area contributed by atoms with Gasteiger partial charge in [-0.3, -0.25) is 30.2 Å². The van der Waals surface area contributed by atoms with Crippen molar-refractivity contribution in [3.8, 4) is 0 Å². The van der Waals surface area contributed by atoms with E-state index in [2.05, 4.69) is 16.2 Å². The molecule has 9 heteroatoms. The van der Waals surface area contributed by atoms with E-state index < -0.39 is 23.9 Å². The van der Waals surface area contributed by atoms with Gasteiger partial charge in [-0.05, 0) is 52.0 Å². The minimum Gasteiger partial charge on any atom is -0.359 e. The smallest absolute Gasteiger partial charge is 0.332 e. The summed E-state index contributed by atoms with van der Waals surface area (Å²) in [4.78, 5) is 39.4. The Morgan fingerprint density at radius 2 is 1.81 bits per heavy atom. The number of amides is 4. The monoisotopic (exact) mass is 377 g/mol. The van der Waals surface area contributed by atoms with E-state index in [0.717, 1.165) is 10.5 Å². The summed E-state index contributed by atoms with van der Waals surface area (Å²) in [5.74, 6) is -0.967. The lowest BCUT2D eigenvalue weighted by Crippen LogP contribution is -2.51. The molecule has 0 bridgehead atoms. The van der Waals surface area contributed by atoms with Crippen LogP contribution in [0.4, 0.5) is 10.5 Å². The summed E-state index contributed by atoms with van der Waals surface area (Å²) < 4.78 is 0. The van der Waals surface area contributed by atoms with Crippen molar-refractivity contribution in [1.82, 2.24) is 21.1 Å². The first-order valence-electron chi connectivity index (χ1n) is 8.27. The van der Waals surface area contributed by atoms with Crippen molar-refractivity contribution in [1.29, 1.82) is 0 Å². The maximum atomic E-state index is 12.6. The van der Waals surface area contributed by atoms with Gasteiger partial charge in [0.15, 0.2) is 5.11 Å². The molecular weight excluding hydrogens is 354 g/mol. The van der Waals surface area contributed by atoms with Gasteiger partial charge >= 0.3 is 6.03 Å². The van der Waals surface area contributed by atoms with Crippen LogP contribution in [-0.2, 0) is 9.59 Å². The van der Waals surface area contributed by atoms with Crippen LogP contribution in [0.1, 0.15) is 26.3 Å². The van der Waals surface area contributed by atoms with Crippen molar-refractivity contribution in [2.75, 3.05) is 11.4 Å². The Labute approximate surface area is 157 Å². The third kappa shape index (κ3) is 4.48. The highest BCUT2D eigenvalue weighted by Crippen LogP contribution is 2.25. The van der Waals surface area contributed by atoms with Gasteiger partial charge in [-0.15, -0.1) is 0 Å². The number of hydrogen-bond acceptors (Lipinski definition) is 4. The number of aryl methyl sites for hydroxylation is 1. The van der Waals surface area contributed by atoms with Gasteiger partial charge in [-0.25, -0.2) is 4.79 Å². The quantitative estimate of drug-likeness (QED) is 0.413. The zero-order valence-corrected chi connectivity index (χ0v) is 16.0. The molecule has 0 radical (unpaired) electrons. The van der Waals surface area contributed by atoms with Crippen molar-refractivity contribution in [3.63, 3.8) is 0 Å². The summed E-state index contributed by atoms with van der Waals surface area (Å²) in [6.07, 6.45) is 0. The average Bonchev–Trinajstić information content (AvgIpc) is 2.77. The third-order valence-corrected chi connectivity index (χ3v) is 4.02. The number of hydrogen-bond donors (Lipinski definition) is 3. The normalized spacial score (nSPS) is 16.9. The molecule has 1 atom stereocenters. The number of carbonyl (C=O) groups is 3. The Morgan fingerprint density at radius 3 is 2.38 bits per heavy atom. The summed E-state index contributed by atoms with van der Waals surface area (Å²) in [6, 6.07) is 6.19. The van der Waals surface area contributed by atoms with E-state index in [4.69, 9.17) is 12.2 Å². The summed E-state index contributed by atoms with van der Waals surface area (Å²) in [5.41, 5.74) is 6.58. The maximum Gasteiger partial charge on any atom is 0.332 e. The number of benzene rings is 1. The molecule has 1 aromatic carbocycles. The Bertz CT molecular complexity index is 720. The fraction of sp³-hybridized carbons (Fsp3) is 0.412. The van der Waals surface area contributed by atoms with Crippen LogP contribution in [0.3, 0.4) is 0 Å². The van der Waals surface area contributed by atoms with Crippen LogP contribution in [0.25, 0.3) is 0 Å². The molecule has 8 nitrogen and oxygen atoms in total. The van der Waals surface area contributed by atoms with Gasteiger partial charge in [0.2, 0.25) is 0 Å². The SMILES string of the molecule is Cc1ccc(N2C(=O)N(CC(=O)NNC(=S)NC(C)C)C(=O)C2C)cc1. The molecule has 1 unspecified atom stereocenters. The van der Waals surface area contributed by atoms with E-state index in [1.54, 1.807) is 19.1 Å². The second kappa shape index (κ2) is 8.13. The van der Waals surface area contributed by atoms with Gasteiger partial charge in [0, 0.05) is 11.7 Å². The molecule has 26 heavy (non-hydrogen) atoms. The number of hydrazine groups is 1. The molecule has 0 spiro atoms. The van der Waals surface area contributed by atoms with E-state index in [0.29, 0.717) is 5.69 Å². The molecule has 1 saturated heterocycles. The van der Waals surface area contributed by atoms with E-state index >= 15 is 0 Å². The largest absolute Gasteiger partial charge is 0.359 e. The van der Waals surface area contributed by atoms with Crippen LogP contribution in [0.5, 0.6) is 0 Å². The van der Waals surface area contributed by atoms with Crippen molar-refractivity contribution in [2.24, 2.45) is 0 Å². The number of imide groups is 1. The molecule has 1 aliphatic rings. The molecule has 4 amide bonds. The number of urea groups is 1. The number of anilines is 1. The fourth-order valence-corrected chi connectivity index (χ4v) is 2.81. The molecule has 1 aliphatic heterocycles. The van der Waals surface area contributed by atoms with Crippen LogP contribution < -0.4 is 21.1 Å². The Balaban J connectivity index is 2.00. The summed E-state index contributed by atoms with van der Waals surface area (Å²) in [5, 5.41) is 3.15. The molecular formula is C17H23N5O3S. The second-order valence-electron chi connectivity index (χ2n) is 6.39. The minimum atomic E-state index is -0.672. The molecule has 2 rings (SSSR count). The first-order chi connectivity index (χ1) is 12.2. The van der Waals surface area contributed by atoms with E-state index in [1.807, 2.05) is 32.9 Å². The zero-order valence-electron chi connectivity index (χ0n) is 15.2. The molecule has 0 aliphatic carbocycles. The Kier molecular flexibility index (Phi) is 6.14. The summed E-state index contributed by atoms with van der Waals surface area (Å²) in [6.45, 7) is 6.99. The van der Waals surface area contributed by atoms with E-state index in [9.17, 15) is 14.4 Å². The molecule has 140 valence electrons. The molecule has 1 fully saturated rings. The predicted octanol–water partition coefficient (Wildman–Crippen LogP) is 1.06. The third-order valence-electron chi connectivity index (χ3n) is 3.80. The van der Waals surface area contributed by atoms with Gasteiger partial charge in [-0.2, -0.15) is 0 Å². The highest BCUT2D eigenvalue weighted by Gasteiger charge is 2.44. The van der Waals surface area contributed by atoms with Crippen LogP contribution in [-0.4, -0.2) is 46.5 Å². The first kappa shape index (κ1) is 19.6. The molecule has 1 aromatic rings. The van der Waals surface area contributed by atoms with Crippen LogP contribution in [0.2, 0.25) is 0 Å². The van der Waals surface area contributed by atoms with Gasteiger partial charge in [0.05, 0.1) is 0 Å². The first-order valence-corrected chi connectivity index (χ1v) is 8.68. The Hall–Kier alpha value is -2.68. The van der Waals surface area contributed by atoms with Crippen molar-refractivity contribution >= 4 is 40.9 Å². The van der Waals surface area contributed by atoms with Crippen LogP contribution in [0, 0.1) is 6.92 Å². The number of thiocarbonyl (C=S) groups is 1. The number of nitrogens with zero attached hydrogens (tertiary/aromatic N) is 2. The fourth-order valence-electron chi connectivity index (χ4n) is 2.52. The molecule has 1 heterocycles. The van der Waals surface area contributed by atoms with E-state index in [-0.39, 0.29) is 17.7 Å². The minimum absolute atomic E-state index is 0.109. The van der Waals surface area contributed by atoms with Crippen molar-refractivity contribution < 1.29 is 14.4 Å². The number of nitrogens with one attached hydrogen (secondary N) is 3. The van der Waals surface area contributed by atoms with Crippen LogP contribution >= 0.6 is 12.2 Å². The number of carbonyl (C=O) groups excluding carboxylic acids is 3. The maximum absolute atomic E-state index is 12.6. The van der Waals surface area contributed by atoms with Gasteiger partial charge in [0.1, 0.15) is 12.6 Å². The van der Waals surface area contributed by atoms with Gasteiger partial charge in [-0.1, -0.05) is 17.7 Å². The summed E-state index contributed by atoms with van der Waals surface area (Å²) >= 11 is 5.00. The lowest BCUT2D eigenvalue weighted by atomic mass is 10.2. The molecule has 3 N–H and O–H groups in total. The average molecular weight is 377 g/mol. The topological polar surface area (TPSA) is 93.8 Å². The Morgan fingerprint density at radius 1 is 1.19 bits per heavy atom. The predicted molar refractivity (Wildman–Crippen MR) is 102 cm³/mol. The zero-order chi connectivity index (χ0) is 19.4. The highest BCUT2D eigenvalue weighted by atomic mass is 32.1. The van der Waals surface area contributed by atoms with Crippen molar-refractivity contribution in [2.45, 2.75) is 39.8 Å². The lowest BCUT2D eigenvalue weighted by Gasteiger charge is -2.19. The van der Waals surface area contributed by atoms with Gasteiger partial charge < -0.3 is 5.32 Å². The van der Waals surface area contributed by atoms with Gasteiger partial charge in [0.25, 0.3) is 11.8 Å². The standard InChI is InChI=1S/C17H23N5O3S/c1-10(2)18-16(26)20-19-14(23)9-21-15(24)12(4)22(17(21)25)13-7-5-11(3)6-8-13/h5-8,10,12H,9H2,1-4H3,(H,19,23)(H2,18,20,26). The van der Waals surface area contributed by atoms with E-state index in [1.165, 1.54) is 4.90 Å². The second-order valence-corrected chi connectivity index (χ2v) is 6.80. The molecule has 0 saturated carbocycles.